The Hall–Kier alpha value is -2.30. The average molecular weight is 550 g/mol. The van der Waals surface area contributed by atoms with Crippen LogP contribution in [0.5, 0.6) is 0 Å². The molecule has 0 aromatic carbocycles. The first kappa shape index (κ1) is 32.9. The Balaban J connectivity index is 1.45. The minimum Gasteiger partial charge on any atom is -0.626 e. The normalized spacial score (nSPS) is 14.9. The van der Waals surface area contributed by atoms with Crippen molar-refractivity contribution >= 4 is 11.7 Å². The summed E-state index contributed by atoms with van der Waals surface area (Å²) in [7, 11) is 0. The van der Waals surface area contributed by atoms with Gasteiger partial charge in [0.05, 0.1) is 18.7 Å². The topological polar surface area (TPSA) is 116 Å². The molecule has 1 aromatic rings. The number of amides is 1. The van der Waals surface area contributed by atoms with Gasteiger partial charge >= 0.3 is 5.91 Å². The van der Waals surface area contributed by atoms with Crippen LogP contribution in [0.4, 0.5) is 5.82 Å². The summed E-state index contributed by atoms with van der Waals surface area (Å²) in [6.07, 6.45) is 18.3. The maximum atomic E-state index is 12.5. The van der Waals surface area contributed by atoms with Crippen molar-refractivity contribution in [3.05, 3.63) is 39.2 Å². The molecule has 2 heterocycles. The highest BCUT2D eigenvalue weighted by Gasteiger charge is 2.19. The second-order valence-electron chi connectivity index (χ2n) is 10.7. The van der Waals surface area contributed by atoms with Gasteiger partial charge in [-0.1, -0.05) is 77.6 Å². The van der Waals surface area contributed by atoms with Crippen LogP contribution in [0.2, 0.25) is 0 Å². The molecule has 0 spiro atoms. The maximum Gasteiger partial charge on any atom is 0.345 e. The number of quaternary nitrogens is 1. The van der Waals surface area contributed by atoms with E-state index in [2.05, 4.69) is 26.5 Å². The van der Waals surface area contributed by atoms with Crippen LogP contribution in [-0.4, -0.2) is 66.8 Å². The van der Waals surface area contributed by atoms with Crippen molar-refractivity contribution < 1.29 is 19.8 Å². The number of carbonyl (C=O) groups excluding carboxylic acids is 1. The van der Waals surface area contributed by atoms with Crippen LogP contribution in [0, 0.1) is 15.3 Å². The number of pyridine rings is 1. The summed E-state index contributed by atoms with van der Waals surface area (Å²) in [6, 6.07) is 3.63. The van der Waals surface area contributed by atoms with E-state index in [1.54, 1.807) is 12.3 Å². The number of hydrogen-bond donors (Lipinski definition) is 1. The van der Waals surface area contributed by atoms with Gasteiger partial charge in [-0.05, 0) is 44.4 Å². The van der Waals surface area contributed by atoms with E-state index < -0.39 is 11.0 Å². The number of hydrogen-bond acceptors (Lipinski definition) is 8. The number of anilines is 1. The molecule has 0 bridgehead atoms. The van der Waals surface area contributed by atoms with Crippen molar-refractivity contribution in [2.45, 2.75) is 103 Å². The lowest BCUT2D eigenvalue weighted by atomic mass is 10.0. The molecule has 10 nitrogen and oxygen atoms in total. The summed E-state index contributed by atoms with van der Waals surface area (Å²) in [5.74, 6) is 0.468. The highest BCUT2D eigenvalue weighted by molar-refractivity contribution is 5.87. The Labute approximate surface area is 234 Å². The lowest BCUT2D eigenvalue weighted by Crippen LogP contribution is -3.10. The smallest absolute Gasteiger partial charge is 0.345 e. The van der Waals surface area contributed by atoms with E-state index in [-0.39, 0.29) is 11.7 Å². The van der Waals surface area contributed by atoms with Crippen molar-refractivity contribution in [3.8, 4) is 0 Å². The molecule has 222 valence electrons. The van der Waals surface area contributed by atoms with E-state index in [0.717, 1.165) is 77.1 Å². The van der Waals surface area contributed by atoms with E-state index in [1.165, 1.54) is 57.8 Å². The van der Waals surface area contributed by atoms with E-state index in [9.17, 15) is 20.1 Å². The van der Waals surface area contributed by atoms with E-state index in [1.807, 2.05) is 6.07 Å². The fourth-order valence-corrected chi connectivity index (χ4v) is 5.04. The standard InChI is InChI=1S/C29H51N5O5/c1-2-3-19-31-21-23-32(24-22-31)28-18-17-27(26-30-28)29(35)33(36)20-15-13-11-9-7-5-4-6-8-10-12-14-16-25-39-34(37)38/h17-18,26,33H,2-16,19-25H2,1H3. The highest BCUT2D eigenvalue weighted by atomic mass is 16.9. The van der Waals surface area contributed by atoms with Crippen molar-refractivity contribution in [1.29, 1.82) is 0 Å². The summed E-state index contributed by atoms with van der Waals surface area (Å²) in [4.78, 5) is 36.1. The fraction of sp³-hybridized carbons (Fsp3) is 0.793. The predicted octanol–water partition coefficient (Wildman–Crippen LogP) is 4.81. The Bertz CT molecular complexity index is 787. The zero-order valence-electron chi connectivity index (χ0n) is 24.1. The molecular weight excluding hydrogens is 498 g/mol. The third-order valence-electron chi connectivity index (χ3n) is 7.53. The molecular formula is C29H51N5O5. The number of hydroxylamine groups is 2. The van der Waals surface area contributed by atoms with Crippen LogP contribution in [0.1, 0.15) is 114 Å². The molecule has 1 amide bonds. The van der Waals surface area contributed by atoms with Crippen molar-refractivity contribution in [1.82, 2.24) is 9.88 Å². The summed E-state index contributed by atoms with van der Waals surface area (Å²) < 4.78 is 0. The van der Waals surface area contributed by atoms with Gasteiger partial charge in [0.15, 0.2) is 0 Å². The number of aromatic nitrogens is 1. The molecule has 1 aliphatic rings. The van der Waals surface area contributed by atoms with E-state index in [4.69, 9.17) is 0 Å². The highest BCUT2D eigenvalue weighted by Crippen LogP contribution is 2.15. The van der Waals surface area contributed by atoms with Crippen LogP contribution < -0.4 is 9.96 Å². The van der Waals surface area contributed by atoms with Crippen molar-refractivity contribution in [2.75, 3.05) is 50.8 Å². The van der Waals surface area contributed by atoms with Crippen LogP contribution >= 0.6 is 0 Å². The third-order valence-corrected chi connectivity index (χ3v) is 7.53. The number of rotatable bonds is 22. The van der Waals surface area contributed by atoms with Crippen LogP contribution in [-0.2, 0) is 4.84 Å². The number of nitrogens with zero attached hydrogens (tertiary/aromatic N) is 4. The second kappa shape index (κ2) is 20.6. The maximum absolute atomic E-state index is 12.5. The molecule has 1 aliphatic heterocycles. The third kappa shape index (κ3) is 14.6. The predicted molar refractivity (Wildman–Crippen MR) is 154 cm³/mol. The molecule has 0 radical (unpaired) electrons. The summed E-state index contributed by atoms with van der Waals surface area (Å²) in [6.45, 7) is 7.86. The Morgan fingerprint density at radius 2 is 1.46 bits per heavy atom. The first-order valence-corrected chi connectivity index (χ1v) is 15.3. The summed E-state index contributed by atoms with van der Waals surface area (Å²) in [5.41, 5.74) is 0.397. The molecule has 0 saturated carbocycles. The Morgan fingerprint density at radius 1 is 0.897 bits per heavy atom. The zero-order chi connectivity index (χ0) is 28.1. The summed E-state index contributed by atoms with van der Waals surface area (Å²) >= 11 is 0. The number of nitrogens with one attached hydrogen (secondary N) is 1. The van der Waals surface area contributed by atoms with Gasteiger partial charge in [-0.15, -0.1) is 10.1 Å². The average Bonchev–Trinajstić information content (AvgIpc) is 2.95. The summed E-state index contributed by atoms with van der Waals surface area (Å²) in [5, 5.41) is 21.4. The van der Waals surface area contributed by atoms with Crippen molar-refractivity contribution in [2.24, 2.45) is 0 Å². The van der Waals surface area contributed by atoms with E-state index >= 15 is 0 Å². The molecule has 1 aromatic heterocycles. The minimum atomic E-state index is -0.726. The molecule has 10 heteroatoms. The van der Waals surface area contributed by atoms with Crippen LogP contribution in [0.25, 0.3) is 0 Å². The molecule has 39 heavy (non-hydrogen) atoms. The molecule has 1 atom stereocenters. The Morgan fingerprint density at radius 3 is 1.97 bits per heavy atom. The SMILES string of the molecule is CCCCN1CCN(c2ccc(C(=O)[NH+]([O-])CCCCCCCCCCCCCCCO[N+](=O)[O-])cn2)CC1. The molecule has 1 unspecified atom stereocenters. The molecule has 1 N–H and O–H groups in total. The second-order valence-corrected chi connectivity index (χ2v) is 10.7. The van der Waals surface area contributed by atoms with Gasteiger partial charge in [0, 0.05) is 32.4 Å². The monoisotopic (exact) mass is 549 g/mol. The van der Waals surface area contributed by atoms with Gasteiger partial charge in [0.25, 0.3) is 5.09 Å². The molecule has 2 rings (SSSR count). The van der Waals surface area contributed by atoms with Gasteiger partial charge in [0.2, 0.25) is 0 Å². The first-order valence-electron chi connectivity index (χ1n) is 15.3. The van der Waals surface area contributed by atoms with Gasteiger partial charge in [-0.2, -0.15) is 0 Å². The van der Waals surface area contributed by atoms with Gasteiger partial charge in [-0.3, -0.25) is 4.90 Å². The minimum absolute atomic E-state index is 0.209. The zero-order valence-corrected chi connectivity index (χ0v) is 24.1. The van der Waals surface area contributed by atoms with Crippen LogP contribution in [0.3, 0.4) is 0 Å². The van der Waals surface area contributed by atoms with Gasteiger partial charge in [0.1, 0.15) is 5.82 Å². The lowest BCUT2D eigenvalue weighted by molar-refractivity contribution is -0.757. The molecule has 1 fully saturated rings. The largest absolute Gasteiger partial charge is 0.626 e. The fourth-order valence-electron chi connectivity index (χ4n) is 5.04. The van der Waals surface area contributed by atoms with Gasteiger partial charge in [-0.25, -0.2) is 9.78 Å². The first-order chi connectivity index (χ1) is 19.0. The number of carbonyl (C=O) groups is 1. The quantitative estimate of drug-likeness (QED) is 0.124. The van der Waals surface area contributed by atoms with E-state index in [0.29, 0.717) is 12.1 Å². The Kier molecular flexibility index (Phi) is 17.4. The number of piperazine rings is 1. The lowest BCUT2D eigenvalue weighted by Gasteiger charge is -2.35. The number of unbranched alkanes of at least 4 members (excludes halogenated alkanes) is 13. The molecule has 0 aliphatic carbocycles. The van der Waals surface area contributed by atoms with Crippen LogP contribution in [0.15, 0.2) is 18.3 Å². The molecule has 1 saturated heterocycles. The van der Waals surface area contributed by atoms with Gasteiger partial charge < -0.3 is 20.0 Å². The van der Waals surface area contributed by atoms with Crippen molar-refractivity contribution in [3.63, 3.8) is 0 Å².